The number of phenolic OH excluding ortho intramolecular Hbond substituents is 1. The molecule has 90 heavy (non-hydrogen) atoms. The van der Waals surface area contributed by atoms with Crippen LogP contribution >= 0.6 is 0 Å². The van der Waals surface area contributed by atoms with E-state index in [2.05, 4.69) is 16.0 Å². The van der Waals surface area contributed by atoms with E-state index in [-0.39, 0.29) is 163 Å². The van der Waals surface area contributed by atoms with E-state index in [1.807, 2.05) is 13.8 Å². The molecule has 0 aromatic heterocycles. The highest BCUT2D eigenvalue weighted by Crippen LogP contribution is 2.31. The largest absolute Gasteiger partial charge is 0.508 e. The first kappa shape index (κ1) is 82.3. The first-order valence-electron chi connectivity index (χ1n) is 32.7. The molecule has 1 unspecified atom stereocenters. The van der Waals surface area contributed by atoms with Crippen LogP contribution in [0.25, 0.3) is 0 Å². The molecule has 0 saturated carbocycles. The lowest BCUT2D eigenvalue weighted by Gasteiger charge is -2.27. The smallest absolute Gasteiger partial charge is 0.326 e. The number of nitrogens with one attached hydrogen (secondary N) is 4. The second-order valence-electron chi connectivity index (χ2n) is 24.0. The molecule has 5 atom stereocenters. The molecule has 0 radical (unpaired) electrons. The zero-order valence-corrected chi connectivity index (χ0v) is 54.9. The number of aromatic hydroxyl groups is 1. The molecule has 0 aliphatic carbocycles. The van der Waals surface area contributed by atoms with Gasteiger partial charge >= 0.3 is 5.97 Å². The maximum absolute atomic E-state index is 14.3. The van der Waals surface area contributed by atoms with Crippen molar-refractivity contribution in [2.45, 2.75) is 213 Å². The van der Waals surface area contributed by atoms with Gasteiger partial charge in [-0.3, -0.25) is 48.3 Å². The average molecular weight is 1300 g/mol. The van der Waals surface area contributed by atoms with Crippen molar-refractivity contribution >= 4 is 68.7 Å². The molecular weight excluding hydrogens is 1180 g/mol. The van der Waals surface area contributed by atoms with E-state index in [0.29, 0.717) is 89.3 Å². The summed E-state index contributed by atoms with van der Waals surface area (Å²) < 4.78 is 52.1. The first-order valence-corrected chi connectivity index (χ1v) is 34.3. The number of hydrogen-bond donors (Lipinski definition) is 9. The Labute approximate surface area is 536 Å². The average Bonchev–Trinajstić information content (AvgIpc) is 1.71. The second kappa shape index (κ2) is 50.9. The van der Waals surface area contributed by atoms with Crippen LogP contribution in [0.5, 0.6) is 5.75 Å². The Bertz CT molecular complexity index is 2380. The van der Waals surface area contributed by atoms with Crippen molar-refractivity contribution in [1.29, 1.82) is 5.41 Å². The number of nitrogens with two attached hydrogens (primary N) is 2. The molecule has 0 fully saturated rings. The highest BCUT2D eigenvalue weighted by Gasteiger charge is 2.36. The van der Waals surface area contributed by atoms with Crippen molar-refractivity contribution in [2.75, 3.05) is 71.7 Å². The summed E-state index contributed by atoms with van der Waals surface area (Å²) >= 11 is 0. The van der Waals surface area contributed by atoms with Gasteiger partial charge < -0.3 is 56.6 Å². The number of ether oxygens (including phenoxy) is 4. The molecule has 516 valence electrons. The Balaban J connectivity index is 0.0000810. The van der Waals surface area contributed by atoms with Crippen LogP contribution < -0.4 is 27.4 Å². The molecule has 0 aliphatic heterocycles. The van der Waals surface area contributed by atoms with Crippen molar-refractivity contribution < 1.29 is 86.7 Å². The van der Waals surface area contributed by atoms with E-state index in [9.17, 15) is 61.8 Å². The number of carbonyl (C=O) groups excluding carboxylic acids is 8. The number of amides is 4. The van der Waals surface area contributed by atoms with Crippen LogP contribution in [0.4, 0.5) is 0 Å². The first-order chi connectivity index (χ1) is 42.9. The van der Waals surface area contributed by atoms with Gasteiger partial charge in [0.05, 0.1) is 44.6 Å². The minimum absolute atomic E-state index is 0. The molecule has 4 amide bonds. The highest BCUT2D eigenvalue weighted by atomic mass is 32.2. The Hall–Kier alpha value is -5.73. The highest BCUT2D eigenvalue weighted by molar-refractivity contribution is 7.85. The number of Topliss-reactive ketones (excluding diaryl/α,β-unsaturated/α-hetero) is 4. The number of unbranched alkanes of at least 4 members (excludes halogenated alkanes) is 14. The van der Waals surface area contributed by atoms with Gasteiger partial charge in [0.25, 0.3) is 10.1 Å². The Kier molecular flexibility index (Phi) is 46.5. The minimum atomic E-state index is -3.86. The molecule has 1 rings (SSSR count). The lowest BCUT2D eigenvalue weighted by atomic mass is 9.75. The van der Waals surface area contributed by atoms with Gasteiger partial charge in [0.2, 0.25) is 23.6 Å². The normalized spacial score (nSPS) is 13.2. The third-order valence-electron chi connectivity index (χ3n) is 15.4. The van der Waals surface area contributed by atoms with Crippen molar-refractivity contribution in [1.82, 2.24) is 16.0 Å². The third kappa shape index (κ3) is 45.5. The standard InChI is InChI=1S/C65H110N6O18S.H2/c1-48(2)42-55(74)44-51(63(79)49(3)56(24-16-17-25-59(66)67)58(75)45-52(64(68)80)43-50-27-29-53(72)30-28-50)22-18-19-33-69-62(78)47-89-40-37-86-35-21-23-54(73)46-88-39-38-87-36-34-70-60(76)32-31-57(65(81)82)71-61(77)26-15-13-11-9-7-5-4-6-8-10-12-14-20-41-90(83,84)85;/h27-30,48-49,51-52,56-57,72H,4-26,31-47H2,1-3H3,(H3,66,67)(H2,68,80)(H,69,78)(H,70,76)(H,71,77)(H,81,82)(H,83,84,85);1H/t49?,51-,52-,56-,57+;/m1./s1. The quantitative estimate of drug-likeness (QED) is 0.0130. The van der Waals surface area contributed by atoms with Crippen LogP contribution in [0, 0.1) is 35.0 Å². The predicted octanol–water partition coefficient (Wildman–Crippen LogP) is 7.70. The van der Waals surface area contributed by atoms with E-state index < -0.39 is 51.7 Å². The maximum atomic E-state index is 14.3. The number of aliphatic carboxylic acids is 1. The summed E-state index contributed by atoms with van der Waals surface area (Å²) in [5.41, 5.74) is 12.0. The number of carboxylic acids is 1. The van der Waals surface area contributed by atoms with Crippen LogP contribution in [0.1, 0.15) is 208 Å². The van der Waals surface area contributed by atoms with Gasteiger partial charge in [0.1, 0.15) is 42.4 Å². The fraction of sp³-hybridized carbons (Fsp3) is 0.754. The molecule has 1 aromatic rings. The zero-order chi connectivity index (χ0) is 67.0. The van der Waals surface area contributed by atoms with Crippen molar-refractivity contribution in [3.63, 3.8) is 0 Å². The van der Waals surface area contributed by atoms with Gasteiger partial charge in [0.15, 0.2) is 5.78 Å². The van der Waals surface area contributed by atoms with Gasteiger partial charge in [-0.25, -0.2) is 4.79 Å². The number of rotatable bonds is 61. The summed E-state index contributed by atoms with van der Waals surface area (Å²) in [7, 11) is -3.86. The van der Waals surface area contributed by atoms with Crippen LogP contribution in [-0.2, 0) is 78.6 Å². The minimum Gasteiger partial charge on any atom is -0.508 e. The molecule has 11 N–H and O–H groups in total. The SMILES string of the molecule is CC(C)CC(=O)C[C@@H](CCCCNC(=O)COCCOCCCC(=O)COCCOCCNC(=O)CC[C@H](NC(=O)CCCCCCCCCCCCCCCS(=O)(=O)O)C(=O)O)C(=O)C(C)[C@@H](CCCCC(=N)N)C(=O)C[C@@H](Cc1ccc(O)cc1)C(N)=O.[HH]. The Morgan fingerprint density at radius 3 is 1.70 bits per heavy atom. The second-order valence-corrected chi connectivity index (χ2v) is 25.6. The number of phenols is 1. The third-order valence-corrected chi connectivity index (χ3v) is 16.2. The fourth-order valence-corrected chi connectivity index (χ4v) is 10.9. The molecule has 1 aromatic carbocycles. The summed E-state index contributed by atoms with van der Waals surface area (Å²) in [5, 5.41) is 34.9. The van der Waals surface area contributed by atoms with Gasteiger partial charge in [-0.1, -0.05) is 116 Å². The number of benzene rings is 1. The van der Waals surface area contributed by atoms with E-state index in [0.717, 1.165) is 70.6 Å². The lowest BCUT2D eigenvalue weighted by Crippen LogP contribution is -2.41. The molecule has 24 nitrogen and oxygen atoms in total. The Morgan fingerprint density at radius 1 is 0.556 bits per heavy atom. The van der Waals surface area contributed by atoms with Crippen LogP contribution in [0.3, 0.4) is 0 Å². The molecule has 0 aliphatic rings. The monoisotopic (exact) mass is 1300 g/mol. The number of ketones is 4. The maximum Gasteiger partial charge on any atom is 0.326 e. The van der Waals surface area contributed by atoms with E-state index in [1.165, 1.54) is 12.1 Å². The van der Waals surface area contributed by atoms with Gasteiger partial charge in [-0.05, 0) is 81.4 Å². The van der Waals surface area contributed by atoms with E-state index >= 15 is 0 Å². The predicted molar refractivity (Wildman–Crippen MR) is 344 cm³/mol. The summed E-state index contributed by atoms with van der Waals surface area (Å²) in [5.74, 6) is -6.67. The van der Waals surface area contributed by atoms with E-state index in [1.54, 1.807) is 19.1 Å². The molecule has 0 bridgehead atoms. The van der Waals surface area contributed by atoms with Gasteiger partial charge in [-0.15, -0.1) is 0 Å². The van der Waals surface area contributed by atoms with Crippen molar-refractivity contribution in [3.8, 4) is 5.75 Å². The van der Waals surface area contributed by atoms with Crippen LogP contribution in [0.15, 0.2) is 24.3 Å². The molecule has 0 spiro atoms. The van der Waals surface area contributed by atoms with Gasteiger partial charge in [0, 0.05) is 89.7 Å². The van der Waals surface area contributed by atoms with Crippen LogP contribution in [0.2, 0.25) is 0 Å². The Morgan fingerprint density at radius 2 is 1.11 bits per heavy atom. The van der Waals surface area contributed by atoms with Crippen LogP contribution in [-0.4, -0.2) is 159 Å². The summed E-state index contributed by atoms with van der Waals surface area (Å²) in [4.78, 5) is 115. The molecule has 0 saturated heterocycles. The lowest BCUT2D eigenvalue weighted by molar-refractivity contribution is -0.142. The topological polar surface area (TPSA) is 397 Å². The molecular formula is C65H112N6O18S. The van der Waals surface area contributed by atoms with Crippen molar-refractivity contribution in [3.05, 3.63) is 29.8 Å². The number of primary amides is 1. The number of hydrogen-bond acceptors (Lipinski definition) is 17. The summed E-state index contributed by atoms with van der Waals surface area (Å²) in [6.45, 7) is 6.90. The van der Waals surface area contributed by atoms with E-state index in [4.69, 9.17) is 40.4 Å². The van der Waals surface area contributed by atoms with Crippen molar-refractivity contribution in [2.24, 2.45) is 41.1 Å². The van der Waals surface area contributed by atoms with Gasteiger partial charge in [-0.2, -0.15) is 8.42 Å². The number of carbonyl (C=O) groups is 9. The molecule has 0 heterocycles. The summed E-state index contributed by atoms with van der Waals surface area (Å²) in [6, 6.07) is 5.10. The summed E-state index contributed by atoms with van der Waals surface area (Å²) in [6.07, 6.45) is 16.7. The number of amidine groups is 1. The fourth-order valence-electron chi connectivity index (χ4n) is 10.4. The molecule has 25 heteroatoms. The zero-order valence-electron chi connectivity index (χ0n) is 54.1. The number of carboxylic acid groups (broad SMARTS) is 1.